The molecule has 2 aromatic rings. The monoisotopic (exact) mass is 352 g/mol. The highest BCUT2D eigenvalue weighted by Crippen LogP contribution is 2.29. The first-order valence-electron chi connectivity index (χ1n) is 5.43. The fourth-order valence-corrected chi connectivity index (χ4v) is 2.98. The molecule has 4 nitrogen and oxygen atoms in total. The van der Waals surface area contributed by atoms with Crippen molar-refractivity contribution >= 4 is 44.6 Å². The second kappa shape index (κ2) is 5.67. The van der Waals surface area contributed by atoms with Crippen molar-refractivity contribution in [2.45, 2.75) is 4.90 Å². The Bertz CT molecular complexity index is 813. The molecule has 0 radical (unpaired) electrons. The molecule has 0 bridgehead atoms. The molecule has 9 heteroatoms. The van der Waals surface area contributed by atoms with Crippen molar-refractivity contribution in [3.63, 3.8) is 0 Å². The summed E-state index contributed by atoms with van der Waals surface area (Å²) in [4.78, 5) is -0.264. The number of hydrogen-bond acceptors (Lipinski definition) is 3. The van der Waals surface area contributed by atoms with Crippen molar-refractivity contribution in [1.29, 1.82) is 0 Å². The van der Waals surface area contributed by atoms with Crippen molar-refractivity contribution in [3.8, 4) is 0 Å². The van der Waals surface area contributed by atoms with E-state index in [0.29, 0.717) is 0 Å². The predicted octanol–water partition coefficient (Wildman–Crippen LogP) is 3.65. The number of anilines is 2. The quantitative estimate of drug-likeness (QED) is 0.828. The van der Waals surface area contributed by atoms with Gasteiger partial charge in [0.25, 0.3) is 10.0 Å². The van der Waals surface area contributed by atoms with E-state index in [0.717, 1.165) is 18.2 Å². The molecule has 0 aliphatic carbocycles. The number of rotatable bonds is 3. The molecule has 0 aliphatic rings. The van der Waals surface area contributed by atoms with E-state index >= 15 is 0 Å². The Morgan fingerprint density at radius 2 is 1.71 bits per heavy atom. The minimum atomic E-state index is -4.19. The smallest absolute Gasteiger partial charge is 0.262 e. The molecule has 0 saturated heterocycles. The first-order valence-corrected chi connectivity index (χ1v) is 7.67. The van der Waals surface area contributed by atoms with Gasteiger partial charge < -0.3 is 5.73 Å². The van der Waals surface area contributed by atoms with E-state index in [-0.39, 0.29) is 20.6 Å². The lowest BCUT2D eigenvalue weighted by atomic mass is 10.2. The van der Waals surface area contributed by atoms with Crippen LogP contribution in [0.4, 0.5) is 20.2 Å². The largest absolute Gasteiger partial charge is 0.397 e. The fraction of sp³-hybridized carbons (Fsp3) is 0. The molecule has 0 atom stereocenters. The lowest BCUT2D eigenvalue weighted by Gasteiger charge is -2.12. The van der Waals surface area contributed by atoms with Crippen LogP contribution in [0.3, 0.4) is 0 Å². The van der Waals surface area contributed by atoms with Gasteiger partial charge in [0, 0.05) is 0 Å². The van der Waals surface area contributed by atoms with Crippen LogP contribution in [-0.2, 0) is 10.0 Å². The molecule has 112 valence electrons. The maximum atomic E-state index is 13.6. The predicted molar refractivity (Wildman–Crippen MR) is 78.0 cm³/mol. The van der Waals surface area contributed by atoms with Crippen LogP contribution in [-0.4, -0.2) is 8.42 Å². The van der Waals surface area contributed by atoms with Gasteiger partial charge in [-0.3, -0.25) is 4.72 Å². The van der Waals surface area contributed by atoms with Crippen LogP contribution in [0.25, 0.3) is 0 Å². The summed E-state index contributed by atoms with van der Waals surface area (Å²) in [7, 11) is -4.19. The van der Waals surface area contributed by atoms with E-state index in [9.17, 15) is 17.2 Å². The van der Waals surface area contributed by atoms with Crippen molar-refractivity contribution in [2.75, 3.05) is 10.5 Å². The third-order valence-electron chi connectivity index (χ3n) is 2.56. The molecular formula is C12H8Cl2F2N2O2S. The average molecular weight is 353 g/mol. The van der Waals surface area contributed by atoms with Gasteiger partial charge in [0.2, 0.25) is 0 Å². The zero-order valence-electron chi connectivity index (χ0n) is 10.2. The number of benzene rings is 2. The molecule has 2 rings (SSSR count). The first-order chi connectivity index (χ1) is 9.72. The molecule has 3 N–H and O–H groups in total. The van der Waals surface area contributed by atoms with Crippen LogP contribution < -0.4 is 10.5 Å². The van der Waals surface area contributed by atoms with Gasteiger partial charge in [-0.05, 0) is 30.3 Å². The number of halogens is 4. The van der Waals surface area contributed by atoms with E-state index in [4.69, 9.17) is 28.9 Å². The maximum absolute atomic E-state index is 13.6. The zero-order chi connectivity index (χ0) is 15.8. The van der Waals surface area contributed by atoms with Crippen molar-refractivity contribution in [2.24, 2.45) is 0 Å². The van der Waals surface area contributed by atoms with Gasteiger partial charge in [0.05, 0.1) is 20.6 Å². The second-order valence-corrected chi connectivity index (χ2v) is 6.50. The fourth-order valence-electron chi connectivity index (χ4n) is 1.51. The van der Waals surface area contributed by atoms with Crippen LogP contribution in [0.2, 0.25) is 10.0 Å². The normalized spacial score (nSPS) is 11.4. The van der Waals surface area contributed by atoms with E-state index < -0.39 is 27.3 Å². The summed E-state index contributed by atoms with van der Waals surface area (Å²) in [5, 5.41) is 0.166. The first kappa shape index (κ1) is 15.8. The Morgan fingerprint density at radius 3 is 2.33 bits per heavy atom. The average Bonchev–Trinajstić information content (AvgIpc) is 2.42. The van der Waals surface area contributed by atoms with Gasteiger partial charge in [-0.25, -0.2) is 17.2 Å². The lowest BCUT2D eigenvalue weighted by molar-refractivity contribution is 0.512. The number of nitrogens with two attached hydrogens (primary N) is 1. The van der Waals surface area contributed by atoms with E-state index in [1.54, 1.807) is 0 Å². The van der Waals surface area contributed by atoms with E-state index in [1.165, 1.54) is 12.1 Å². The summed E-state index contributed by atoms with van der Waals surface area (Å²) in [5.41, 5.74) is 4.53. The summed E-state index contributed by atoms with van der Waals surface area (Å²) >= 11 is 11.4. The van der Waals surface area contributed by atoms with Crippen molar-refractivity contribution in [1.82, 2.24) is 0 Å². The molecule has 2 aromatic carbocycles. The number of sulfonamides is 1. The molecule has 0 heterocycles. The molecule has 21 heavy (non-hydrogen) atoms. The molecule has 0 aromatic heterocycles. The minimum absolute atomic E-state index is 0.00669. The number of nitrogen functional groups attached to an aromatic ring is 1. The van der Waals surface area contributed by atoms with Crippen LogP contribution in [0.5, 0.6) is 0 Å². The molecule has 0 fully saturated rings. The molecular weight excluding hydrogens is 345 g/mol. The van der Waals surface area contributed by atoms with Gasteiger partial charge in [-0.2, -0.15) is 0 Å². The maximum Gasteiger partial charge on any atom is 0.262 e. The van der Waals surface area contributed by atoms with Crippen LogP contribution in [0, 0.1) is 11.6 Å². The van der Waals surface area contributed by atoms with E-state index in [1.807, 2.05) is 4.72 Å². The van der Waals surface area contributed by atoms with Crippen LogP contribution >= 0.6 is 23.2 Å². The molecule has 0 spiro atoms. The Hall–Kier alpha value is -1.57. The Balaban J connectivity index is 2.47. The van der Waals surface area contributed by atoms with Crippen LogP contribution in [0.15, 0.2) is 35.2 Å². The summed E-state index contributed by atoms with van der Waals surface area (Å²) < 4.78 is 52.9. The van der Waals surface area contributed by atoms with E-state index in [2.05, 4.69) is 0 Å². The standard InChI is InChI=1S/C12H8Cl2F2N2O2S/c13-7-2-1-6(5-8(7)14)21(19,20)18-12-10(17)4-3-9(15)11(12)16/h1-5,18H,17H2. The summed E-state index contributed by atoms with van der Waals surface area (Å²) in [6.45, 7) is 0. The third kappa shape index (κ3) is 3.20. The summed E-state index contributed by atoms with van der Waals surface area (Å²) in [6.07, 6.45) is 0. The second-order valence-electron chi connectivity index (χ2n) is 4.01. The van der Waals surface area contributed by atoms with Crippen LogP contribution in [0.1, 0.15) is 0 Å². The highest BCUT2D eigenvalue weighted by molar-refractivity contribution is 7.92. The highest BCUT2D eigenvalue weighted by Gasteiger charge is 2.21. The Labute approximate surface area is 129 Å². The summed E-state index contributed by atoms with van der Waals surface area (Å²) in [5.74, 6) is -2.62. The lowest BCUT2D eigenvalue weighted by Crippen LogP contribution is -2.16. The third-order valence-corrected chi connectivity index (χ3v) is 4.65. The highest BCUT2D eigenvalue weighted by atomic mass is 35.5. The molecule has 0 aliphatic heterocycles. The number of nitrogens with one attached hydrogen (secondary N) is 1. The summed E-state index contributed by atoms with van der Waals surface area (Å²) in [6, 6.07) is 5.36. The SMILES string of the molecule is Nc1ccc(F)c(F)c1NS(=O)(=O)c1ccc(Cl)c(Cl)c1. The molecule has 0 unspecified atom stereocenters. The minimum Gasteiger partial charge on any atom is -0.397 e. The van der Waals surface area contributed by atoms with Gasteiger partial charge in [-0.1, -0.05) is 23.2 Å². The topological polar surface area (TPSA) is 72.2 Å². The van der Waals surface area contributed by atoms with Crippen molar-refractivity contribution < 1.29 is 17.2 Å². The van der Waals surface area contributed by atoms with Gasteiger partial charge >= 0.3 is 0 Å². The Morgan fingerprint density at radius 1 is 1.05 bits per heavy atom. The zero-order valence-corrected chi connectivity index (χ0v) is 12.5. The van der Waals surface area contributed by atoms with Crippen molar-refractivity contribution in [3.05, 3.63) is 52.0 Å². The Kier molecular flexibility index (Phi) is 4.27. The molecule has 0 saturated carbocycles. The van der Waals surface area contributed by atoms with Gasteiger partial charge in [0.1, 0.15) is 5.69 Å². The number of hydrogen-bond donors (Lipinski definition) is 2. The van der Waals surface area contributed by atoms with Gasteiger partial charge in [0.15, 0.2) is 11.6 Å². The van der Waals surface area contributed by atoms with Gasteiger partial charge in [-0.15, -0.1) is 0 Å². The molecule has 0 amide bonds.